The van der Waals surface area contributed by atoms with E-state index in [1.165, 1.54) is 0 Å². The Morgan fingerprint density at radius 2 is 2.00 bits per heavy atom. The van der Waals surface area contributed by atoms with E-state index in [-0.39, 0.29) is 18.5 Å². The topological polar surface area (TPSA) is 15.3 Å². The van der Waals surface area contributed by atoms with Gasteiger partial charge in [0.1, 0.15) is 0 Å². The van der Waals surface area contributed by atoms with Crippen LogP contribution in [0, 0.1) is 11.3 Å². The summed E-state index contributed by atoms with van der Waals surface area (Å²) in [5.41, 5.74) is 0.153. The normalized spacial score (nSPS) is 34.5. The molecule has 106 valence electrons. The molecule has 0 amide bonds. The first kappa shape index (κ1) is 14.1. The van der Waals surface area contributed by atoms with Crippen molar-refractivity contribution in [2.75, 3.05) is 26.2 Å². The molecule has 1 aliphatic heterocycles. The molecule has 1 saturated carbocycles. The van der Waals surface area contributed by atoms with Crippen molar-refractivity contribution in [3.8, 4) is 0 Å². The lowest BCUT2D eigenvalue weighted by atomic mass is 9.86. The summed E-state index contributed by atoms with van der Waals surface area (Å²) in [4.78, 5) is 2.07. The van der Waals surface area contributed by atoms with Gasteiger partial charge in [0.15, 0.2) is 0 Å². The molecule has 0 aromatic heterocycles. The third kappa shape index (κ3) is 2.99. The van der Waals surface area contributed by atoms with Crippen LogP contribution in [0.3, 0.4) is 0 Å². The fourth-order valence-corrected chi connectivity index (χ4v) is 3.43. The largest absolute Gasteiger partial charge is 0.394 e. The Kier molecular flexibility index (Phi) is 3.93. The van der Waals surface area contributed by atoms with E-state index in [2.05, 4.69) is 24.1 Å². The lowest BCUT2D eigenvalue weighted by Gasteiger charge is -2.38. The molecule has 0 bridgehead atoms. The van der Waals surface area contributed by atoms with Crippen LogP contribution in [-0.2, 0) is 0 Å². The Labute approximate surface area is 107 Å². The molecular formula is C13H23F3N2. The minimum absolute atomic E-state index is 0.0626. The molecule has 1 saturated heterocycles. The Hall–Kier alpha value is -0.290. The zero-order chi connectivity index (χ0) is 13.4. The van der Waals surface area contributed by atoms with Gasteiger partial charge in [-0.15, -0.1) is 0 Å². The van der Waals surface area contributed by atoms with Gasteiger partial charge in [-0.05, 0) is 18.3 Å². The van der Waals surface area contributed by atoms with Gasteiger partial charge in [0.05, 0.1) is 5.92 Å². The molecule has 1 heterocycles. The predicted molar refractivity (Wildman–Crippen MR) is 65.4 cm³/mol. The molecule has 1 N–H and O–H groups in total. The second kappa shape index (κ2) is 5.00. The van der Waals surface area contributed by atoms with Crippen LogP contribution in [0.2, 0.25) is 0 Å². The van der Waals surface area contributed by atoms with Crippen LogP contribution in [0.1, 0.15) is 33.1 Å². The quantitative estimate of drug-likeness (QED) is 0.783. The van der Waals surface area contributed by atoms with E-state index < -0.39 is 12.1 Å². The zero-order valence-electron chi connectivity index (χ0n) is 11.2. The third-order valence-corrected chi connectivity index (χ3v) is 4.53. The molecule has 18 heavy (non-hydrogen) atoms. The average molecular weight is 264 g/mol. The summed E-state index contributed by atoms with van der Waals surface area (Å²) in [6.07, 6.45) is -0.785. The molecule has 2 fully saturated rings. The maximum absolute atomic E-state index is 12.9. The van der Waals surface area contributed by atoms with Crippen LogP contribution in [0.25, 0.3) is 0 Å². The summed E-state index contributed by atoms with van der Waals surface area (Å²) < 4.78 is 38.7. The number of halogens is 3. The maximum atomic E-state index is 12.9. The lowest BCUT2D eigenvalue weighted by Crippen LogP contribution is -2.46. The van der Waals surface area contributed by atoms with Crippen LogP contribution in [-0.4, -0.2) is 43.3 Å². The van der Waals surface area contributed by atoms with Crippen LogP contribution in [0.4, 0.5) is 13.2 Å². The van der Waals surface area contributed by atoms with Crippen molar-refractivity contribution in [2.45, 2.75) is 45.3 Å². The van der Waals surface area contributed by atoms with E-state index in [0.717, 1.165) is 25.8 Å². The van der Waals surface area contributed by atoms with E-state index in [9.17, 15) is 13.2 Å². The summed E-state index contributed by atoms with van der Waals surface area (Å²) in [5, 5.41) is 2.92. The van der Waals surface area contributed by atoms with Crippen molar-refractivity contribution in [1.29, 1.82) is 0 Å². The van der Waals surface area contributed by atoms with Gasteiger partial charge >= 0.3 is 6.18 Å². The molecule has 2 unspecified atom stereocenters. The highest BCUT2D eigenvalue weighted by atomic mass is 19.4. The van der Waals surface area contributed by atoms with E-state index >= 15 is 0 Å². The van der Waals surface area contributed by atoms with Gasteiger partial charge in [-0.3, -0.25) is 4.90 Å². The molecule has 0 aromatic carbocycles. The zero-order valence-corrected chi connectivity index (χ0v) is 11.2. The van der Waals surface area contributed by atoms with Crippen molar-refractivity contribution in [3.05, 3.63) is 0 Å². The number of hydrogen-bond donors (Lipinski definition) is 1. The van der Waals surface area contributed by atoms with Crippen LogP contribution >= 0.6 is 0 Å². The SMILES string of the molecule is CC1(C)CCCC1N1CCNCC(C(F)(F)F)C1. The average Bonchev–Trinajstić information content (AvgIpc) is 2.50. The molecule has 0 radical (unpaired) electrons. The first-order valence-corrected chi connectivity index (χ1v) is 6.82. The highest BCUT2D eigenvalue weighted by molar-refractivity contribution is 4.94. The fraction of sp³-hybridized carbons (Fsp3) is 1.00. The fourth-order valence-electron chi connectivity index (χ4n) is 3.43. The van der Waals surface area contributed by atoms with Crippen molar-refractivity contribution in [2.24, 2.45) is 11.3 Å². The van der Waals surface area contributed by atoms with E-state index in [0.29, 0.717) is 12.6 Å². The summed E-state index contributed by atoms with van der Waals surface area (Å²) >= 11 is 0. The molecule has 2 aliphatic rings. The van der Waals surface area contributed by atoms with E-state index in [1.54, 1.807) is 0 Å². The number of nitrogens with one attached hydrogen (secondary N) is 1. The molecule has 2 atom stereocenters. The van der Waals surface area contributed by atoms with Gasteiger partial charge < -0.3 is 5.32 Å². The maximum Gasteiger partial charge on any atom is 0.394 e. The van der Waals surface area contributed by atoms with Crippen LogP contribution < -0.4 is 5.32 Å². The Bertz CT molecular complexity index is 288. The standard InChI is InChI=1S/C13H23F3N2/c1-12(2)5-3-4-11(12)18-7-6-17-8-10(9-18)13(14,15)16/h10-11,17H,3-9H2,1-2H3. The minimum atomic E-state index is -4.08. The summed E-state index contributed by atoms with van der Waals surface area (Å²) in [6.45, 7) is 5.99. The van der Waals surface area contributed by atoms with Crippen molar-refractivity contribution >= 4 is 0 Å². The highest BCUT2D eigenvalue weighted by Gasteiger charge is 2.45. The van der Waals surface area contributed by atoms with Gasteiger partial charge in [-0.2, -0.15) is 13.2 Å². The Balaban J connectivity index is 2.08. The second-order valence-corrected chi connectivity index (χ2v) is 6.33. The van der Waals surface area contributed by atoms with Gasteiger partial charge in [-0.25, -0.2) is 0 Å². The minimum Gasteiger partial charge on any atom is -0.315 e. The molecule has 2 nitrogen and oxygen atoms in total. The first-order chi connectivity index (χ1) is 8.31. The van der Waals surface area contributed by atoms with Crippen LogP contribution in [0.5, 0.6) is 0 Å². The number of alkyl halides is 3. The van der Waals surface area contributed by atoms with E-state index in [1.807, 2.05) is 0 Å². The highest BCUT2D eigenvalue weighted by Crippen LogP contribution is 2.41. The van der Waals surface area contributed by atoms with Gasteiger partial charge in [-0.1, -0.05) is 20.3 Å². The molecule has 2 rings (SSSR count). The summed E-state index contributed by atoms with van der Waals surface area (Å²) in [5.74, 6) is -1.23. The van der Waals surface area contributed by atoms with Gasteiger partial charge in [0, 0.05) is 32.2 Å². The van der Waals surface area contributed by atoms with Crippen molar-refractivity contribution in [3.63, 3.8) is 0 Å². The summed E-state index contributed by atoms with van der Waals surface area (Å²) in [6, 6.07) is 0.308. The molecule has 5 heteroatoms. The predicted octanol–water partition coefficient (Wildman–Crippen LogP) is 2.65. The third-order valence-electron chi connectivity index (χ3n) is 4.53. The van der Waals surface area contributed by atoms with Crippen molar-refractivity contribution < 1.29 is 13.2 Å². The Morgan fingerprint density at radius 3 is 2.56 bits per heavy atom. The number of rotatable bonds is 1. The number of hydrogen-bond acceptors (Lipinski definition) is 2. The number of nitrogens with zero attached hydrogens (tertiary/aromatic N) is 1. The van der Waals surface area contributed by atoms with Crippen molar-refractivity contribution in [1.82, 2.24) is 10.2 Å². The Morgan fingerprint density at radius 1 is 1.28 bits per heavy atom. The van der Waals surface area contributed by atoms with Gasteiger partial charge in [0.25, 0.3) is 0 Å². The molecule has 0 spiro atoms. The first-order valence-electron chi connectivity index (χ1n) is 6.82. The monoisotopic (exact) mass is 264 g/mol. The smallest absolute Gasteiger partial charge is 0.315 e. The molecule has 0 aromatic rings. The summed E-state index contributed by atoms with van der Waals surface area (Å²) in [7, 11) is 0. The van der Waals surface area contributed by atoms with Gasteiger partial charge in [0.2, 0.25) is 0 Å². The molecule has 1 aliphatic carbocycles. The lowest BCUT2D eigenvalue weighted by molar-refractivity contribution is -0.177. The second-order valence-electron chi connectivity index (χ2n) is 6.33. The molecular weight excluding hydrogens is 241 g/mol. The van der Waals surface area contributed by atoms with E-state index in [4.69, 9.17) is 0 Å². The van der Waals surface area contributed by atoms with Crippen LogP contribution in [0.15, 0.2) is 0 Å².